The Morgan fingerprint density at radius 1 is 1.09 bits per heavy atom. The molecule has 0 N–H and O–H groups in total. The van der Waals surface area contributed by atoms with Crippen molar-refractivity contribution in [2.24, 2.45) is 0 Å². The molecule has 0 saturated heterocycles. The fourth-order valence-electron chi connectivity index (χ4n) is 1.95. The molecule has 0 spiro atoms. The Morgan fingerprint density at radius 2 is 1.86 bits per heavy atom. The molecule has 0 aliphatic carbocycles. The van der Waals surface area contributed by atoms with Gasteiger partial charge in [-0.15, -0.1) is 0 Å². The molecule has 0 unspecified atom stereocenters. The molecule has 0 saturated carbocycles. The largest absolute Gasteiger partial charge is 0.333 e. The van der Waals surface area contributed by atoms with E-state index in [0.717, 1.165) is 5.56 Å². The van der Waals surface area contributed by atoms with Gasteiger partial charge in [0.05, 0.1) is 10.6 Å². The van der Waals surface area contributed by atoms with Crippen LogP contribution in [0.2, 0.25) is 5.02 Å². The van der Waals surface area contributed by atoms with Gasteiger partial charge in [-0.2, -0.15) is 4.98 Å². The van der Waals surface area contributed by atoms with Gasteiger partial charge in [-0.3, -0.25) is 0 Å². The number of halogens is 2. The summed E-state index contributed by atoms with van der Waals surface area (Å²) < 4.78 is 18.9. The van der Waals surface area contributed by atoms with Gasteiger partial charge in [0.15, 0.2) is 5.82 Å². The maximum absolute atomic E-state index is 13.8. The lowest BCUT2D eigenvalue weighted by Gasteiger charge is -1.98. The Kier molecular flexibility index (Phi) is 4.02. The van der Waals surface area contributed by atoms with Crippen LogP contribution in [0.4, 0.5) is 4.39 Å². The minimum Gasteiger partial charge on any atom is -0.333 e. The van der Waals surface area contributed by atoms with E-state index >= 15 is 0 Å². The molecule has 110 valence electrons. The molecule has 0 radical (unpaired) electrons. The van der Waals surface area contributed by atoms with Crippen LogP contribution in [0.1, 0.15) is 17.0 Å². The third kappa shape index (κ3) is 3.07. The second-order valence-corrected chi connectivity index (χ2v) is 5.21. The molecule has 1 aromatic heterocycles. The molecule has 0 amide bonds. The molecule has 2 aromatic carbocycles. The van der Waals surface area contributed by atoms with E-state index in [1.807, 2.05) is 37.3 Å². The van der Waals surface area contributed by atoms with Gasteiger partial charge >= 0.3 is 0 Å². The van der Waals surface area contributed by atoms with Crippen molar-refractivity contribution in [3.63, 3.8) is 0 Å². The summed E-state index contributed by atoms with van der Waals surface area (Å²) in [5, 5.41) is 4.04. The number of nitrogens with zero attached hydrogens (tertiary/aromatic N) is 2. The van der Waals surface area contributed by atoms with Crippen LogP contribution in [0.15, 0.2) is 47.0 Å². The Morgan fingerprint density at radius 3 is 2.59 bits per heavy atom. The van der Waals surface area contributed by atoms with Crippen molar-refractivity contribution in [2.45, 2.75) is 6.92 Å². The summed E-state index contributed by atoms with van der Waals surface area (Å²) in [4.78, 5) is 4.15. The van der Waals surface area contributed by atoms with E-state index < -0.39 is 5.82 Å². The van der Waals surface area contributed by atoms with Crippen LogP contribution in [-0.4, -0.2) is 10.1 Å². The van der Waals surface area contributed by atoms with Crippen molar-refractivity contribution in [3.8, 4) is 11.5 Å². The molecular formula is C17H12ClFN2O. The highest BCUT2D eigenvalue weighted by Crippen LogP contribution is 2.29. The highest BCUT2D eigenvalue weighted by molar-refractivity contribution is 6.33. The summed E-state index contributed by atoms with van der Waals surface area (Å²) >= 11 is 5.98. The molecule has 3 rings (SSSR count). The van der Waals surface area contributed by atoms with Crippen molar-refractivity contribution in [2.75, 3.05) is 0 Å². The quantitative estimate of drug-likeness (QED) is 0.682. The van der Waals surface area contributed by atoms with Gasteiger partial charge in [0.1, 0.15) is 5.82 Å². The van der Waals surface area contributed by atoms with Gasteiger partial charge in [-0.1, -0.05) is 58.7 Å². The molecule has 0 fully saturated rings. The van der Waals surface area contributed by atoms with Crippen LogP contribution >= 0.6 is 11.6 Å². The molecule has 5 heteroatoms. The Balaban J connectivity index is 1.86. The maximum atomic E-state index is 13.8. The average Bonchev–Trinajstić information content (AvgIpc) is 2.95. The van der Waals surface area contributed by atoms with Crippen molar-refractivity contribution in [3.05, 3.63) is 70.3 Å². The van der Waals surface area contributed by atoms with Crippen LogP contribution in [0.3, 0.4) is 0 Å². The maximum Gasteiger partial charge on any atom is 0.262 e. The molecule has 3 aromatic rings. The third-order valence-electron chi connectivity index (χ3n) is 3.12. The highest BCUT2D eigenvalue weighted by Gasteiger charge is 2.15. The molecule has 1 heterocycles. The summed E-state index contributed by atoms with van der Waals surface area (Å²) in [6.07, 6.45) is 3.56. The second-order valence-electron chi connectivity index (χ2n) is 4.80. The van der Waals surface area contributed by atoms with Crippen molar-refractivity contribution < 1.29 is 8.91 Å². The van der Waals surface area contributed by atoms with Gasteiger partial charge in [0, 0.05) is 0 Å². The highest BCUT2D eigenvalue weighted by atomic mass is 35.5. The Bertz CT molecular complexity index is 805. The number of aryl methyl sites for hydroxylation is 1. The van der Waals surface area contributed by atoms with E-state index in [2.05, 4.69) is 10.1 Å². The number of hydrogen-bond acceptors (Lipinski definition) is 3. The lowest BCUT2D eigenvalue weighted by molar-refractivity contribution is 0.426. The molecule has 0 bridgehead atoms. The average molecular weight is 315 g/mol. The predicted octanol–water partition coefficient (Wildman–Crippen LogP) is 5.01. The fraction of sp³-hybridized carbons (Fsp3) is 0.0588. The zero-order valence-electron chi connectivity index (χ0n) is 11.8. The molecular weight excluding hydrogens is 303 g/mol. The van der Waals surface area contributed by atoms with Crippen LogP contribution in [0, 0.1) is 12.7 Å². The van der Waals surface area contributed by atoms with Gasteiger partial charge in [-0.05, 0) is 30.7 Å². The smallest absolute Gasteiger partial charge is 0.262 e. The monoisotopic (exact) mass is 314 g/mol. The van der Waals surface area contributed by atoms with E-state index in [9.17, 15) is 4.39 Å². The lowest BCUT2D eigenvalue weighted by Crippen LogP contribution is -1.85. The molecule has 3 nitrogen and oxygen atoms in total. The number of benzene rings is 2. The topological polar surface area (TPSA) is 38.9 Å². The summed E-state index contributed by atoms with van der Waals surface area (Å²) in [5.41, 5.74) is 2.32. The van der Waals surface area contributed by atoms with Crippen LogP contribution < -0.4 is 0 Å². The Hall–Kier alpha value is -2.46. The summed E-state index contributed by atoms with van der Waals surface area (Å²) in [6.45, 7) is 2.02. The number of aromatic nitrogens is 2. The van der Waals surface area contributed by atoms with Gasteiger partial charge in [-0.25, -0.2) is 4.39 Å². The van der Waals surface area contributed by atoms with Gasteiger partial charge in [0.2, 0.25) is 0 Å². The van der Waals surface area contributed by atoms with Crippen LogP contribution in [0.25, 0.3) is 23.6 Å². The fourth-order valence-corrected chi connectivity index (χ4v) is 2.20. The minimum absolute atomic E-state index is 0.0617. The van der Waals surface area contributed by atoms with Crippen LogP contribution in [-0.2, 0) is 0 Å². The summed E-state index contributed by atoms with van der Waals surface area (Å²) in [7, 11) is 0. The van der Waals surface area contributed by atoms with E-state index in [4.69, 9.17) is 16.1 Å². The first-order valence-corrected chi connectivity index (χ1v) is 7.04. The Labute approximate surface area is 132 Å². The van der Waals surface area contributed by atoms with E-state index in [1.165, 1.54) is 17.7 Å². The lowest BCUT2D eigenvalue weighted by atomic mass is 10.1. The van der Waals surface area contributed by atoms with Crippen molar-refractivity contribution >= 4 is 23.8 Å². The van der Waals surface area contributed by atoms with Crippen LogP contribution in [0.5, 0.6) is 0 Å². The first kappa shape index (κ1) is 14.5. The number of hydrogen-bond donors (Lipinski definition) is 0. The van der Waals surface area contributed by atoms with E-state index in [0.29, 0.717) is 5.82 Å². The zero-order chi connectivity index (χ0) is 15.5. The first-order chi connectivity index (χ1) is 10.6. The van der Waals surface area contributed by atoms with E-state index in [1.54, 1.807) is 12.1 Å². The SMILES string of the molecule is Cc1ccc(/C=C/c2noc(-c3c(F)cccc3Cl)n2)cc1. The molecule has 0 atom stereocenters. The molecule has 22 heavy (non-hydrogen) atoms. The van der Waals surface area contributed by atoms with Gasteiger partial charge in [0.25, 0.3) is 5.89 Å². The first-order valence-electron chi connectivity index (χ1n) is 6.66. The minimum atomic E-state index is -0.495. The van der Waals surface area contributed by atoms with Crippen molar-refractivity contribution in [1.29, 1.82) is 0 Å². The standard InChI is InChI=1S/C17H12ClFN2O/c1-11-5-7-12(8-6-11)9-10-15-20-17(22-21-15)16-13(18)3-2-4-14(16)19/h2-10H,1H3/b10-9+. The zero-order valence-corrected chi connectivity index (χ0v) is 12.5. The predicted molar refractivity (Wildman–Crippen MR) is 84.8 cm³/mol. The van der Waals surface area contributed by atoms with Crippen molar-refractivity contribution in [1.82, 2.24) is 10.1 Å². The molecule has 0 aliphatic heterocycles. The third-order valence-corrected chi connectivity index (χ3v) is 3.44. The molecule has 0 aliphatic rings. The summed E-state index contributed by atoms with van der Waals surface area (Å²) in [6, 6.07) is 12.4. The normalized spacial score (nSPS) is 11.2. The number of rotatable bonds is 3. The second kappa shape index (κ2) is 6.12. The van der Waals surface area contributed by atoms with E-state index in [-0.39, 0.29) is 16.5 Å². The van der Waals surface area contributed by atoms with Gasteiger partial charge < -0.3 is 4.52 Å². The summed E-state index contributed by atoms with van der Waals surface area (Å²) in [5.74, 6) is -0.0771.